The second kappa shape index (κ2) is 8.21. The Morgan fingerprint density at radius 2 is 1.89 bits per heavy atom. The highest BCUT2D eigenvalue weighted by molar-refractivity contribution is 5.78. The van der Waals surface area contributed by atoms with Gasteiger partial charge in [0.05, 0.1) is 18.3 Å². The summed E-state index contributed by atoms with van der Waals surface area (Å²) < 4.78 is 1.68. The number of imidazole rings is 1. The van der Waals surface area contributed by atoms with Gasteiger partial charge in [-0.3, -0.25) is 4.79 Å². The standard InChI is InChI=1S/C20H27N3O4/c1-12(2)20(27)22-16-18(26)17(25)15(11-24)23-10-14(21-19(16)23)9-8-13-6-4-3-5-7-13/h3-7,10,12,15-18,24-26H,8-9,11H2,1-2H3,(H,22,27)/t15?,16-,17?,18?/m0/s1. The second-order valence-electron chi connectivity index (χ2n) is 7.36. The van der Waals surface area contributed by atoms with Crippen molar-refractivity contribution >= 4 is 5.91 Å². The number of carbonyl (C=O) groups excluding carboxylic acids is 1. The van der Waals surface area contributed by atoms with E-state index < -0.39 is 24.3 Å². The van der Waals surface area contributed by atoms with Gasteiger partial charge in [-0.2, -0.15) is 0 Å². The number of fused-ring (bicyclic) bond motifs is 1. The molecule has 7 nitrogen and oxygen atoms in total. The first-order valence-corrected chi connectivity index (χ1v) is 9.31. The number of amides is 1. The number of hydrogen-bond donors (Lipinski definition) is 4. The number of carbonyl (C=O) groups is 1. The summed E-state index contributed by atoms with van der Waals surface area (Å²) in [4.78, 5) is 16.8. The van der Waals surface area contributed by atoms with E-state index in [2.05, 4.69) is 10.3 Å². The zero-order chi connectivity index (χ0) is 19.6. The van der Waals surface area contributed by atoms with Crippen LogP contribution in [0.2, 0.25) is 0 Å². The van der Waals surface area contributed by atoms with Gasteiger partial charge in [0.15, 0.2) is 0 Å². The Labute approximate surface area is 158 Å². The Balaban J connectivity index is 1.87. The third-order valence-corrected chi connectivity index (χ3v) is 5.05. The maximum atomic E-state index is 12.2. The van der Waals surface area contributed by atoms with Gasteiger partial charge in [-0.1, -0.05) is 44.2 Å². The average molecular weight is 373 g/mol. The summed E-state index contributed by atoms with van der Waals surface area (Å²) >= 11 is 0. The highest BCUT2D eigenvalue weighted by Crippen LogP contribution is 2.33. The highest BCUT2D eigenvalue weighted by atomic mass is 16.3. The van der Waals surface area contributed by atoms with E-state index in [1.54, 1.807) is 24.6 Å². The average Bonchev–Trinajstić information content (AvgIpc) is 3.08. The number of benzene rings is 1. The van der Waals surface area contributed by atoms with Crippen molar-refractivity contribution in [2.24, 2.45) is 5.92 Å². The molecule has 0 saturated carbocycles. The molecule has 0 spiro atoms. The molecule has 4 atom stereocenters. The van der Waals surface area contributed by atoms with Gasteiger partial charge >= 0.3 is 0 Å². The Hall–Kier alpha value is -2.22. The van der Waals surface area contributed by atoms with Crippen LogP contribution in [-0.2, 0) is 17.6 Å². The normalized spacial score (nSPS) is 24.7. The second-order valence-corrected chi connectivity index (χ2v) is 7.36. The van der Waals surface area contributed by atoms with Crippen LogP contribution < -0.4 is 5.32 Å². The maximum Gasteiger partial charge on any atom is 0.223 e. The van der Waals surface area contributed by atoms with Gasteiger partial charge < -0.3 is 25.2 Å². The number of rotatable bonds is 6. The fourth-order valence-electron chi connectivity index (χ4n) is 3.40. The summed E-state index contributed by atoms with van der Waals surface area (Å²) in [6.45, 7) is 3.19. The molecule has 3 unspecified atom stereocenters. The number of hydrogen-bond acceptors (Lipinski definition) is 5. The van der Waals surface area contributed by atoms with Gasteiger partial charge in [-0.05, 0) is 18.4 Å². The Morgan fingerprint density at radius 3 is 2.52 bits per heavy atom. The molecular formula is C20H27N3O4. The number of aromatic nitrogens is 2. The van der Waals surface area contributed by atoms with Crippen LogP contribution in [0.4, 0.5) is 0 Å². The summed E-state index contributed by atoms with van der Waals surface area (Å²) in [6.07, 6.45) is 0.842. The molecule has 0 bridgehead atoms. The fourth-order valence-corrected chi connectivity index (χ4v) is 3.40. The van der Waals surface area contributed by atoms with Crippen LogP contribution in [0.3, 0.4) is 0 Å². The molecule has 0 radical (unpaired) electrons. The van der Waals surface area contributed by atoms with Gasteiger partial charge in [-0.15, -0.1) is 0 Å². The predicted molar refractivity (Wildman–Crippen MR) is 99.9 cm³/mol. The van der Waals surface area contributed by atoms with Crippen LogP contribution in [0.15, 0.2) is 36.5 Å². The minimum absolute atomic E-state index is 0.228. The van der Waals surface area contributed by atoms with Crippen molar-refractivity contribution in [2.45, 2.75) is 51.0 Å². The van der Waals surface area contributed by atoms with Crippen molar-refractivity contribution in [1.82, 2.24) is 14.9 Å². The van der Waals surface area contributed by atoms with E-state index in [-0.39, 0.29) is 18.4 Å². The van der Waals surface area contributed by atoms with Gasteiger partial charge in [0.1, 0.15) is 24.1 Å². The third kappa shape index (κ3) is 4.05. The van der Waals surface area contributed by atoms with E-state index in [1.807, 2.05) is 30.3 Å². The zero-order valence-corrected chi connectivity index (χ0v) is 15.6. The van der Waals surface area contributed by atoms with Crippen LogP contribution in [0, 0.1) is 5.92 Å². The number of aryl methyl sites for hydroxylation is 2. The van der Waals surface area contributed by atoms with E-state index in [9.17, 15) is 20.1 Å². The molecule has 3 rings (SSSR count). The minimum atomic E-state index is -1.23. The number of nitrogens with zero attached hydrogens (tertiary/aromatic N) is 2. The summed E-state index contributed by atoms with van der Waals surface area (Å²) in [7, 11) is 0. The van der Waals surface area contributed by atoms with Crippen molar-refractivity contribution in [3.63, 3.8) is 0 Å². The summed E-state index contributed by atoms with van der Waals surface area (Å²) in [5.74, 6) is -0.0242. The van der Waals surface area contributed by atoms with Crippen LogP contribution >= 0.6 is 0 Å². The lowest BCUT2D eigenvalue weighted by atomic mass is 9.93. The first-order chi connectivity index (χ1) is 12.9. The van der Waals surface area contributed by atoms with Crippen molar-refractivity contribution in [2.75, 3.05) is 6.61 Å². The molecule has 1 aromatic heterocycles. The topological polar surface area (TPSA) is 108 Å². The number of aliphatic hydroxyl groups is 3. The van der Waals surface area contributed by atoms with E-state index >= 15 is 0 Å². The number of nitrogens with one attached hydrogen (secondary N) is 1. The zero-order valence-electron chi connectivity index (χ0n) is 15.6. The molecule has 4 N–H and O–H groups in total. The monoisotopic (exact) mass is 373 g/mol. The Bertz CT molecular complexity index is 775. The predicted octanol–water partition coefficient (Wildman–Crippen LogP) is 0.750. The quantitative estimate of drug-likeness (QED) is 0.598. The molecule has 1 aliphatic rings. The fraction of sp³-hybridized carbons (Fsp3) is 0.500. The molecule has 0 aliphatic carbocycles. The molecule has 0 fully saturated rings. The molecule has 1 amide bonds. The third-order valence-electron chi connectivity index (χ3n) is 5.05. The number of aliphatic hydroxyl groups excluding tert-OH is 3. The van der Waals surface area contributed by atoms with Crippen molar-refractivity contribution < 1.29 is 20.1 Å². The van der Waals surface area contributed by atoms with Crippen LogP contribution in [0.1, 0.15) is 43.0 Å². The Morgan fingerprint density at radius 1 is 1.19 bits per heavy atom. The van der Waals surface area contributed by atoms with Crippen molar-refractivity contribution in [3.8, 4) is 0 Å². The van der Waals surface area contributed by atoms with E-state index in [0.717, 1.165) is 12.1 Å². The van der Waals surface area contributed by atoms with Crippen molar-refractivity contribution in [1.29, 1.82) is 0 Å². The van der Waals surface area contributed by atoms with E-state index in [1.165, 1.54) is 5.56 Å². The summed E-state index contributed by atoms with van der Waals surface area (Å²) in [6, 6.07) is 8.52. The van der Waals surface area contributed by atoms with Crippen LogP contribution in [0.25, 0.3) is 0 Å². The minimum Gasteiger partial charge on any atom is -0.394 e. The van der Waals surface area contributed by atoms with Crippen molar-refractivity contribution in [3.05, 3.63) is 53.6 Å². The maximum absolute atomic E-state index is 12.2. The first-order valence-electron chi connectivity index (χ1n) is 9.31. The van der Waals surface area contributed by atoms with Gasteiger partial charge in [0.25, 0.3) is 0 Å². The molecule has 0 saturated heterocycles. The molecule has 1 aromatic carbocycles. The van der Waals surface area contributed by atoms with Crippen LogP contribution in [0.5, 0.6) is 0 Å². The highest BCUT2D eigenvalue weighted by Gasteiger charge is 2.43. The van der Waals surface area contributed by atoms with Gasteiger partial charge in [0.2, 0.25) is 5.91 Å². The molecule has 27 heavy (non-hydrogen) atoms. The molecule has 1 aliphatic heterocycles. The van der Waals surface area contributed by atoms with E-state index in [0.29, 0.717) is 12.2 Å². The lowest BCUT2D eigenvalue weighted by molar-refractivity contribution is -0.128. The molecule has 2 aromatic rings. The molecule has 146 valence electrons. The SMILES string of the molecule is CC(C)C(=O)N[C@@H]1c2nc(CCc3ccccc3)cn2C(CO)C(O)C1O. The first kappa shape index (κ1) is 19.5. The van der Waals surface area contributed by atoms with Gasteiger partial charge in [-0.25, -0.2) is 4.98 Å². The van der Waals surface area contributed by atoms with E-state index in [4.69, 9.17) is 0 Å². The smallest absolute Gasteiger partial charge is 0.223 e. The van der Waals surface area contributed by atoms with Crippen LogP contribution in [-0.4, -0.2) is 49.6 Å². The lowest BCUT2D eigenvalue weighted by Gasteiger charge is -2.38. The summed E-state index contributed by atoms with van der Waals surface area (Å²) in [5.41, 5.74) is 1.98. The molecular weight excluding hydrogens is 346 g/mol. The largest absolute Gasteiger partial charge is 0.394 e. The molecule has 7 heteroatoms. The molecule has 2 heterocycles. The summed E-state index contributed by atoms with van der Waals surface area (Å²) in [5, 5.41) is 33.4. The Kier molecular flexibility index (Phi) is 5.94. The van der Waals surface area contributed by atoms with Gasteiger partial charge in [0, 0.05) is 12.1 Å². The lowest BCUT2D eigenvalue weighted by Crippen LogP contribution is -2.52.